The third-order valence-electron chi connectivity index (χ3n) is 5.09. The van der Waals surface area contributed by atoms with E-state index in [0.29, 0.717) is 19.3 Å². The first kappa shape index (κ1) is 17.5. The number of aliphatic hydroxyl groups is 1. The van der Waals surface area contributed by atoms with Crippen molar-refractivity contribution in [3.8, 4) is 11.5 Å². The van der Waals surface area contributed by atoms with Crippen LogP contribution in [-0.2, 0) is 17.7 Å². The zero-order chi connectivity index (χ0) is 16.9. The predicted molar refractivity (Wildman–Crippen MR) is 92.7 cm³/mol. The minimum absolute atomic E-state index is 0.360. The Bertz CT molecular complexity index is 542. The Balaban J connectivity index is 1.54. The molecule has 0 bridgehead atoms. The van der Waals surface area contributed by atoms with Crippen molar-refractivity contribution < 1.29 is 19.3 Å². The topological polar surface area (TPSA) is 51.2 Å². The van der Waals surface area contributed by atoms with E-state index in [4.69, 9.17) is 14.2 Å². The summed E-state index contributed by atoms with van der Waals surface area (Å²) in [6.45, 7) is 2.87. The Morgan fingerprint density at radius 1 is 1.12 bits per heavy atom. The van der Waals surface area contributed by atoms with Gasteiger partial charge in [0.15, 0.2) is 11.5 Å². The van der Waals surface area contributed by atoms with Crippen LogP contribution in [0, 0.1) is 0 Å². The molecule has 2 aliphatic rings. The smallest absolute Gasteiger partial charge is 0.161 e. The summed E-state index contributed by atoms with van der Waals surface area (Å²) in [7, 11) is 3.33. The van der Waals surface area contributed by atoms with Crippen molar-refractivity contribution in [1.82, 2.24) is 4.90 Å². The fourth-order valence-electron chi connectivity index (χ4n) is 3.75. The minimum atomic E-state index is -0.424. The molecule has 1 atom stereocenters. The molecule has 1 N–H and O–H groups in total. The molecule has 1 aromatic rings. The van der Waals surface area contributed by atoms with Gasteiger partial charge in [0.05, 0.1) is 33.0 Å². The number of hydrogen-bond donors (Lipinski definition) is 1. The maximum absolute atomic E-state index is 10.3. The molecule has 0 aromatic heterocycles. The number of β-amino-alcohol motifs (C(OH)–C–C–N with tert-alkyl or cyclic N) is 1. The highest BCUT2D eigenvalue weighted by atomic mass is 16.5. The number of benzene rings is 1. The molecule has 1 saturated carbocycles. The van der Waals surface area contributed by atoms with E-state index in [-0.39, 0.29) is 0 Å². The van der Waals surface area contributed by atoms with E-state index < -0.39 is 6.10 Å². The second-order valence-electron chi connectivity index (χ2n) is 6.85. The zero-order valence-electron chi connectivity index (χ0n) is 14.8. The SMILES string of the molecule is COc1cc2c(cc1OC)CN(C[C@@H](O)COC1CCCC1)CC2. The van der Waals surface area contributed by atoms with Crippen LogP contribution in [0.5, 0.6) is 11.5 Å². The van der Waals surface area contributed by atoms with E-state index in [1.807, 2.05) is 0 Å². The highest BCUT2D eigenvalue weighted by molar-refractivity contribution is 5.48. The molecule has 1 aromatic carbocycles. The molecule has 0 radical (unpaired) electrons. The molecule has 0 amide bonds. The Hall–Kier alpha value is -1.30. The van der Waals surface area contributed by atoms with Crippen LogP contribution in [0.25, 0.3) is 0 Å². The van der Waals surface area contributed by atoms with Gasteiger partial charge in [-0.25, -0.2) is 0 Å². The van der Waals surface area contributed by atoms with Gasteiger partial charge in [-0.05, 0) is 42.5 Å². The Morgan fingerprint density at radius 3 is 2.46 bits per heavy atom. The molecule has 1 aliphatic carbocycles. The molecule has 1 heterocycles. The summed E-state index contributed by atoms with van der Waals surface area (Å²) >= 11 is 0. The van der Waals surface area contributed by atoms with Crippen LogP contribution in [0.3, 0.4) is 0 Å². The van der Waals surface area contributed by atoms with Crippen LogP contribution in [0.2, 0.25) is 0 Å². The van der Waals surface area contributed by atoms with Gasteiger partial charge in [-0.1, -0.05) is 12.8 Å². The molecule has 0 spiro atoms. The van der Waals surface area contributed by atoms with Crippen LogP contribution in [0.15, 0.2) is 12.1 Å². The molecular formula is C19H29NO4. The van der Waals surface area contributed by atoms with Gasteiger partial charge in [-0.15, -0.1) is 0 Å². The fourth-order valence-corrected chi connectivity index (χ4v) is 3.75. The molecule has 5 nitrogen and oxygen atoms in total. The molecular weight excluding hydrogens is 306 g/mol. The monoisotopic (exact) mass is 335 g/mol. The highest BCUT2D eigenvalue weighted by Crippen LogP contribution is 2.33. The van der Waals surface area contributed by atoms with Gasteiger partial charge in [0.25, 0.3) is 0 Å². The third-order valence-corrected chi connectivity index (χ3v) is 5.09. The van der Waals surface area contributed by atoms with E-state index >= 15 is 0 Å². The van der Waals surface area contributed by atoms with Crippen molar-refractivity contribution in [1.29, 1.82) is 0 Å². The van der Waals surface area contributed by atoms with Crippen molar-refractivity contribution in [2.24, 2.45) is 0 Å². The molecule has 5 heteroatoms. The number of ether oxygens (including phenoxy) is 3. The lowest BCUT2D eigenvalue weighted by atomic mass is 9.98. The normalized spacial score (nSPS) is 20.0. The Morgan fingerprint density at radius 2 is 1.79 bits per heavy atom. The lowest BCUT2D eigenvalue weighted by Crippen LogP contribution is -2.38. The van der Waals surface area contributed by atoms with E-state index in [1.54, 1.807) is 14.2 Å². The maximum Gasteiger partial charge on any atom is 0.161 e. The van der Waals surface area contributed by atoms with Crippen molar-refractivity contribution in [3.05, 3.63) is 23.3 Å². The van der Waals surface area contributed by atoms with Crippen molar-refractivity contribution in [3.63, 3.8) is 0 Å². The fraction of sp³-hybridized carbons (Fsp3) is 0.684. The molecule has 1 aliphatic heterocycles. The summed E-state index contributed by atoms with van der Waals surface area (Å²) in [5.41, 5.74) is 2.56. The molecule has 0 unspecified atom stereocenters. The summed E-state index contributed by atoms with van der Waals surface area (Å²) in [5.74, 6) is 1.55. The quantitative estimate of drug-likeness (QED) is 0.829. The van der Waals surface area contributed by atoms with Gasteiger partial charge in [-0.2, -0.15) is 0 Å². The Kier molecular flexibility index (Phi) is 5.98. The van der Waals surface area contributed by atoms with Crippen LogP contribution in [0.4, 0.5) is 0 Å². The van der Waals surface area contributed by atoms with Gasteiger partial charge < -0.3 is 19.3 Å². The molecule has 24 heavy (non-hydrogen) atoms. The van der Waals surface area contributed by atoms with Gasteiger partial charge in [-0.3, -0.25) is 4.90 Å². The van der Waals surface area contributed by atoms with Crippen molar-refractivity contribution in [2.75, 3.05) is 33.9 Å². The molecule has 3 rings (SSSR count). The number of rotatable bonds is 7. The summed E-state index contributed by atoms with van der Waals surface area (Å²) < 4.78 is 16.6. The zero-order valence-corrected chi connectivity index (χ0v) is 14.8. The second-order valence-corrected chi connectivity index (χ2v) is 6.85. The van der Waals surface area contributed by atoms with Crippen molar-refractivity contribution in [2.45, 2.75) is 50.9 Å². The van der Waals surface area contributed by atoms with Gasteiger partial charge in [0.2, 0.25) is 0 Å². The third kappa shape index (κ3) is 4.21. The average Bonchev–Trinajstić information content (AvgIpc) is 3.12. The second kappa shape index (κ2) is 8.19. The first-order valence-electron chi connectivity index (χ1n) is 8.95. The number of hydrogen-bond acceptors (Lipinski definition) is 5. The maximum atomic E-state index is 10.3. The summed E-state index contributed by atoms with van der Waals surface area (Å²) in [6, 6.07) is 4.13. The average molecular weight is 335 g/mol. The lowest BCUT2D eigenvalue weighted by Gasteiger charge is -2.31. The number of fused-ring (bicyclic) bond motifs is 1. The Labute approximate surface area is 144 Å². The van der Waals surface area contributed by atoms with Crippen LogP contribution < -0.4 is 9.47 Å². The number of nitrogens with zero attached hydrogens (tertiary/aromatic N) is 1. The highest BCUT2D eigenvalue weighted by Gasteiger charge is 2.22. The molecule has 1 fully saturated rings. The van der Waals surface area contributed by atoms with E-state index in [2.05, 4.69) is 17.0 Å². The summed E-state index contributed by atoms with van der Waals surface area (Å²) in [4.78, 5) is 2.29. The van der Waals surface area contributed by atoms with E-state index in [9.17, 15) is 5.11 Å². The minimum Gasteiger partial charge on any atom is -0.493 e. The first-order valence-corrected chi connectivity index (χ1v) is 8.95. The van der Waals surface area contributed by atoms with Crippen molar-refractivity contribution >= 4 is 0 Å². The van der Waals surface area contributed by atoms with Crippen LogP contribution in [-0.4, -0.2) is 56.1 Å². The van der Waals surface area contributed by atoms with E-state index in [1.165, 1.54) is 24.0 Å². The largest absolute Gasteiger partial charge is 0.493 e. The summed E-state index contributed by atoms with van der Waals surface area (Å²) in [6.07, 6.45) is 5.71. The summed E-state index contributed by atoms with van der Waals surface area (Å²) in [5, 5.41) is 10.3. The molecule has 134 valence electrons. The van der Waals surface area contributed by atoms with Gasteiger partial charge >= 0.3 is 0 Å². The standard InChI is InChI=1S/C19H29NO4/c1-22-18-9-14-7-8-20(11-15(14)10-19(18)23-2)12-16(21)13-24-17-5-3-4-6-17/h9-10,16-17,21H,3-8,11-13H2,1-2H3/t16-/m1/s1. The number of methoxy groups -OCH3 is 2. The van der Waals surface area contributed by atoms with Crippen LogP contribution in [0.1, 0.15) is 36.8 Å². The lowest BCUT2D eigenvalue weighted by molar-refractivity contribution is -0.0198. The first-order chi connectivity index (χ1) is 11.7. The predicted octanol–water partition coefficient (Wildman–Crippen LogP) is 2.38. The van der Waals surface area contributed by atoms with Gasteiger partial charge in [0, 0.05) is 19.6 Å². The van der Waals surface area contributed by atoms with Crippen LogP contribution >= 0.6 is 0 Å². The number of aliphatic hydroxyl groups excluding tert-OH is 1. The van der Waals surface area contributed by atoms with Gasteiger partial charge in [0.1, 0.15) is 0 Å². The molecule has 0 saturated heterocycles. The van der Waals surface area contributed by atoms with E-state index in [0.717, 1.165) is 43.9 Å².